The van der Waals surface area contributed by atoms with Crippen LogP contribution in [0.25, 0.3) is 0 Å². The number of rotatable bonds is 6. The lowest BCUT2D eigenvalue weighted by atomic mass is 10.2. The molecule has 5 nitrogen and oxygen atoms in total. The van der Waals surface area contributed by atoms with Gasteiger partial charge < -0.3 is 0 Å². The molecule has 0 atom stereocenters. The molecule has 22 heavy (non-hydrogen) atoms. The molecule has 0 radical (unpaired) electrons. The molecule has 2 aromatic carbocycles. The number of benzene rings is 2. The maximum atomic E-state index is 11.7. The van der Waals surface area contributed by atoms with E-state index in [9.17, 15) is 4.79 Å². The van der Waals surface area contributed by atoms with E-state index < -0.39 is 5.91 Å². The average Bonchev–Trinajstić information content (AvgIpc) is 2.56. The topological polar surface area (TPSA) is 65.8 Å². The Bertz CT molecular complexity index is 617. The van der Waals surface area contributed by atoms with E-state index in [4.69, 9.17) is 0 Å². The van der Waals surface area contributed by atoms with E-state index >= 15 is 0 Å². The maximum Gasteiger partial charge on any atom is 0.288 e. The van der Waals surface area contributed by atoms with Gasteiger partial charge in [0.1, 0.15) is 5.70 Å². The maximum absolute atomic E-state index is 11.7. The van der Waals surface area contributed by atoms with Gasteiger partial charge in [-0.3, -0.25) is 10.2 Å². The Morgan fingerprint density at radius 3 is 1.77 bits per heavy atom. The van der Waals surface area contributed by atoms with Crippen LogP contribution in [-0.2, 0) is 4.79 Å². The highest BCUT2D eigenvalue weighted by Crippen LogP contribution is 1.95. The van der Waals surface area contributed by atoms with Crippen LogP contribution in [-0.4, -0.2) is 18.3 Å². The van der Waals surface area contributed by atoms with Crippen molar-refractivity contribution in [3.63, 3.8) is 0 Å². The summed E-state index contributed by atoms with van der Waals surface area (Å²) in [7, 11) is 0. The molecule has 1 amide bonds. The van der Waals surface area contributed by atoms with Gasteiger partial charge in [-0.1, -0.05) is 67.2 Å². The van der Waals surface area contributed by atoms with Gasteiger partial charge in [0.2, 0.25) is 0 Å². The third-order valence-corrected chi connectivity index (χ3v) is 2.67. The largest absolute Gasteiger partial charge is 0.288 e. The minimum Gasteiger partial charge on any atom is -0.273 e. The predicted molar refractivity (Wildman–Crippen MR) is 88.5 cm³/mol. The predicted octanol–water partition coefficient (Wildman–Crippen LogP) is 2.27. The van der Waals surface area contributed by atoms with Gasteiger partial charge in [-0.05, 0) is 11.1 Å². The fourth-order valence-corrected chi connectivity index (χ4v) is 1.55. The number of hydrogen-bond acceptors (Lipinski definition) is 4. The van der Waals surface area contributed by atoms with Crippen LogP contribution in [0, 0.1) is 0 Å². The SMILES string of the molecule is C=C(N/N=C/c1ccccc1)C(=O)N/N=C/c1ccccc1. The molecule has 0 saturated carbocycles. The number of hydrazone groups is 2. The summed E-state index contributed by atoms with van der Waals surface area (Å²) in [4.78, 5) is 11.7. The van der Waals surface area contributed by atoms with Gasteiger partial charge in [-0.25, -0.2) is 5.43 Å². The molecule has 0 spiro atoms. The summed E-state index contributed by atoms with van der Waals surface area (Å²) in [5.74, 6) is -0.447. The van der Waals surface area contributed by atoms with Gasteiger partial charge in [0, 0.05) is 0 Å². The molecule has 0 aromatic heterocycles. The van der Waals surface area contributed by atoms with Crippen molar-refractivity contribution in [3.05, 3.63) is 84.1 Å². The van der Waals surface area contributed by atoms with Crippen molar-refractivity contribution in [1.29, 1.82) is 0 Å². The summed E-state index contributed by atoms with van der Waals surface area (Å²) in [5, 5.41) is 7.79. The molecule has 0 fully saturated rings. The van der Waals surface area contributed by atoms with Crippen molar-refractivity contribution in [2.24, 2.45) is 10.2 Å². The van der Waals surface area contributed by atoms with Crippen molar-refractivity contribution in [1.82, 2.24) is 10.9 Å². The van der Waals surface area contributed by atoms with E-state index in [-0.39, 0.29) is 5.70 Å². The summed E-state index contributed by atoms with van der Waals surface area (Å²) in [6.07, 6.45) is 3.16. The molecule has 2 aromatic rings. The molecule has 110 valence electrons. The highest BCUT2D eigenvalue weighted by molar-refractivity contribution is 5.93. The van der Waals surface area contributed by atoms with Crippen LogP contribution in [0.4, 0.5) is 0 Å². The van der Waals surface area contributed by atoms with Crippen molar-refractivity contribution in [2.75, 3.05) is 0 Å². The first-order valence-corrected chi connectivity index (χ1v) is 6.67. The van der Waals surface area contributed by atoms with E-state index in [0.29, 0.717) is 0 Å². The monoisotopic (exact) mass is 292 g/mol. The Morgan fingerprint density at radius 1 is 0.818 bits per heavy atom. The lowest BCUT2D eigenvalue weighted by Gasteiger charge is -2.02. The first kappa shape index (κ1) is 15.2. The molecular formula is C17H16N4O. The summed E-state index contributed by atoms with van der Waals surface area (Å²) < 4.78 is 0. The zero-order chi connectivity index (χ0) is 15.6. The van der Waals surface area contributed by atoms with Gasteiger partial charge in [0.05, 0.1) is 12.4 Å². The van der Waals surface area contributed by atoms with Gasteiger partial charge in [-0.2, -0.15) is 10.2 Å². The number of hydrogen-bond donors (Lipinski definition) is 2. The second-order valence-corrected chi connectivity index (χ2v) is 4.37. The summed E-state index contributed by atoms with van der Waals surface area (Å²) in [6.45, 7) is 3.60. The number of nitrogens with one attached hydrogen (secondary N) is 2. The molecular weight excluding hydrogens is 276 g/mol. The third kappa shape index (κ3) is 5.05. The first-order valence-electron chi connectivity index (χ1n) is 6.67. The number of carbonyl (C=O) groups is 1. The van der Waals surface area contributed by atoms with Crippen molar-refractivity contribution in [2.45, 2.75) is 0 Å². The Hall–Kier alpha value is -3.21. The van der Waals surface area contributed by atoms with Gasteiger partial charge in [-0.15, -0.1) is 0 Å². The zero-order valence-corrected chi connectivity index (χ0v) is 11.9. The van der Waals surface area contributed by atoms with Crippen LogP contribution in [0.15, 0.2) is 83.1 Å². The Kier molecular flexibility index (Phi) is 5.63. The van der Waals surface area contributed by atoms with E-state index in [2.05, 4.69) is 27.6 Å². The summed E-state index contributed by atoms with van der Waals surface area (Å²) in [5.41, 5.74) is 6.87. The van der Waals surface area contributed by atoms with Crippen LogP contribution in [0.1, 0.15) is 11.1 Å². The third-order valence-electron chi connectivity index (χ3n) is 2.67. The van der Waals surface area contributed by atoms with Crippen molar-refractivity contribution in [3.8, 4) is 0 Å². The normalized spacial score (nSPS) is 10.7. The average molecular weight is 292 g/mol. The highest BCUT2D eigenvalue weighted by Gasteiger charge is 2.03. The molecule has 0 aliphatic rings. The molecule has 0 unspecified atom stereocenters. The van der Waals surface area contributed by atoms with Crippen LogP contribution in [0.3, 0.4) is 0 Å². The summed E-state index contributed by atoms with van der Waals surface area (Å²) >= 11 is 0. The lowest BCUT2D eigenvalue weighted by molar-refractivity contribution is -0.117. The number of carbonyl (C=O) groups excluding carboxylic acids is 1. The second-order valence-electron chi connectivity index (χ2n) is 4.37. The van der Waals surface area contributed by atoms with E-state index in [1.807, 2.05) is 60.7 Å². The molecule has 2 rings (SSSR count). The first-order chi connectivity index (χ1) is 10.8. The fourth-order valence-electron chi connectivity index (χ4n) is 1.55. The van der Waals surface area contributed by atoms with Crippen molar-refractivity contribution >= 4 is 18.3 Å². The van der Waals surface area contributed by atoms with Crippen LogP contribution < -0.4 is 10.9 Å². The van der Waals surface area contributed by atoms with Gasteiger partial charge >= 0.3 is 0 Å². The van der Waals surface area contributed by atoms with Gasteiger partial charge in [0.25, 0.3) is 5.91 Å². The summed E-state index contributed by atoms with van der Waals surface area (Å²) in [6, 6.07) is 19.0. The molecule has 0 saturated heterocycles. The quantitative estimate of drug-likeness (QED) is 0.487. The zero-order valence-electron chi connectivity index (χ0n) is 11.9. The van der Waals surface area contributed by atoms with E-state index in [1.54, 1.807) is 12.4 Å². The van der Waals surface area contributed by atoms with Crippen LogP contribution in [0.5, 0.6) is 0 Å². The Balaban J connectivity index is 1.79. The van der Waals surface area contributed by atoms with Crippen LogP contribution in [0.2, 0.25) is 0 Å². The fraction of sp³-hybridized carbons (Fsp3) is 0. The lowest BCUT2D eigenvalue weighted by Crippen LogP contribution is -2.25. The van der Waals surface area contributed by atoms with Gasteiger partial charge in [0.15, 0.2) is 0 Å². The number of amides is 1. The molecule has 0 heterocycles. The van der Waals surface area contributed by atoms with Crippen molar-refractivity contribution < 1.29 is 4.79 Å². The minimum atomic E-state index is -0.447. The minimum absolute atomic E-state index is 0.109. The Labute approximate surface area is 129 Å². The number of nitrogens with zero attached hydrogens (tertiary/aromatic N) is 2. The highest BCUT2D eigenvalue weighted by atomic mass is 16.2. The van der Waals surface area contributed by atoms with E-state index in [1.165, 1.54) is 0 Å². The Morgan fingerprint density at radius 2 is 1.27 bits per heavy atom. The molecule has 0 aliphatic carbocycles. The standard InChI is InChI=1S/C17H16N4O/c1-14(20-18-12-15-8-4-2-5-9-15)17(22)21-19-13-16-10-6-3-7-11-16/h2-13,20H,1H2,(H,21,22)/b18-12+,19-13+. The smallest absolute Gasteiger partial charge is 0.273 e. The molecule has 0 aliphatic heterocycles. The second kappa shape index (κ2) is 8.16. The molecule has 0 bridgehead atoms. The molecule has 5 heteroatoms. The van der Waals surface area contributed by atoms with Crippen LogP contribution >= 0.6 is 0 Å². The molecule has 2 N–H and O–H groups in total. The van der Waals surface area contributed by atoms with E-state index in [0.717, 1.165) is 11.1 Å².